The van der Waals surface area contributed by atoms with Gasteiger partial charge in [0.05, 0.1) is 47.6 Å². The Labute approximate surface area is 315 Å². The lowest BCUT2D eigenvalue weighted by molar-refractivity contribution is -0.317. The molecule has 3 rings (SSSR count). The zero-order chi connectivity index (χ0) is 39.6. The van der Waals surface area contributed by atoms with E-state index in [4.69, 9.17) is 28.4 Å². The minimum atomic E-state index is -1.73. The molecule has 0 amide bonds. The topological polar surface area (TPSA) is 174 Å². The second kappa shape index (κ2) is 18.4. The van der Waals surface area contributed by atoms with Crippen molar-refractivity contribution in [3.8, 4) is 0 Å². The van der Waals surface area contributed by atoms with E-state index in [0.717, 1.165) is 0 Å². The molecule has 3 fully saturated rings. The number of aliphatic hydroxyl groups excluding tert-OH is 3. The van der Waals surface area contributed by atoms with Gasteiger partial charge in [-0.05, 0) is 74.7 Å². The Hall–Kier alpha value is -0.910. The summed E-state index contributed by atoms with van der Waals surface area (Å²) in [5, 5.41) is 46.2. The summed E-state index contributed by atoms with van der Waals surface area (Å²) in [6.45, 7) is 17.5. The minimum Gasteiger partial charge on any atom is -0.461 e. The number of carbonyl (C=O) groups excluding carboxylic acids is 2. The van der Waals surface area contributed by atoms with Gasteiger partial charge in [0.1, 0.15) is 24.1 Å². The van der Waals surface area contributed by atoms with Crippen molar-refractivity contribution in [3.05, 3.63) is 0 Å². The van der Waals surface area contributed by atoms with E-state index in [1.807, 2.05) is 39.1 Å². The fourth-order valence-corrected chi connectivity index (χ4v) is 9.09. The number of ketones is 1. The van der Waals surface area contributed by atoms with Crippen molar-refractivity contribution < 1.29 is 58.4 Å². The first-order chi connectivity index (χ1) is 24.0. The largest absolute Gasteiger partial charge is 0.461 e. The van der Waals surface area contributed by atoms with E-state index in [0.29, 0.717) is 6.42 Å². The maximum atomic E-state index is 14.3. The van der Waals surface area contributed by atoms with E-state index >= 15 is 0 Å². The molecule has 2 unspecified atom stereocenters. The third kappa shape index (κ3) is 10.1. The van der Waals surface area contributed by atoms with Crippen molar-refractivity contribution in [2.24, 2.45) is 29.6 Å². The van der Waals surface area contributed by atoms with Gasteiger partial charge in [-0.1, -0.05) is 27.7 Å². The van der Waals surface area contributed by atoms with Crippen LogP contribution in [0.2, 0.25) is 0 Å². The number of carbonyl (C=O) groups is 2. The molecule has 0 saturated carbocycles. The van der Waals surface area contributed by atoms with Crippen LogP contribution >= 0.6 is 11.8 Å². The molecule has 14 heteroatoms. The van der Waals surface area contributed by atoms with Crippen LogP contribution in [0.15, 0.2) is 0 Å². The van der Waals surface area contributed by atoms with Crippen LogP contribution in [0.1, 0.15) is 88.5 Å². The number of likely N-dealkylation sites (N-methyl/N-ethyl adjacent to an activating group) is 1. The van der Waals surface area contributed by atoms with Crippen LogP contribution in [0, 0.1) is 29.6 Å². The molecule has 52 heavy (non-hydrogen) atoms. The molecule has 0 aromatic rings. The molecule has 0 radical (unpaired) electrons. The summed E-state index contributed by atoms with van der Waals surface area (Å²) in [6.07, 6.45) is -6.59. The molecule has 3 heterocycles. The van der Waals surface area contributed by atoms with Crippen LogP contribution in [0.5, 0.6) is 0 Å². The van der Waals surface area contributed by atoms with Crippen LogP contribution in [0.4, 0.5) is 0 Å². The first-order valence-corrected chi connectivity index (χ1v) is 20.2. The van der Waals surface area contributed by atoms with E-state index < -0.39 is 102 Å². The number of nitrogens with zero attached hydrogens (tertiary/aromatic N) is 1. The number of thioether (sulfide) groups is 1. The van der Waals surface area contributed by atoms with Crippen LogP contribution in [-0.4, -0.2) is 148 Å². The maximum Gasteiger partial charge on any atom is 0.311 e. The third-order valence-corrected chi connectivity index (χ3v) is 13.1. The summed E-state index contributed by atoms with van der Waals surface area (Å²) >= 11 is 1.49. The van der Waals surface area contributed by atoms with Crippen molar-refractivity contribution >= 4 is 23.5 Å². The quantitative estimate of drug-likeness (QED) is 0.266. The van der Waals surface area contributed by atoms with Crippen molar-refractivity contribution in [2.45, 2.75) is 172 Å². The summed E-state index contributed by atoms with van der Waals surface area (Å²) < 4.78 is 37.7. The molecule has 0 aromatic carbocycles. The van der Waals surface area contributed by atoms with Crippen LogP contribution < -0.4 is 0 Å². The molecular formula is C38H69NO12S. The summed E-state index contributed by atoms with van der Waals surface area (Å²) in [7, 11) is 5.24. The second-order valence-electron chi connectivity index (χ2n) is 16.7. The smallest absolute Gasteiger partial charge is 0.311 e. The van der Waals surface area contributed by atoms with E-state index in [-0.39, 0.29) is 36.0 Å². The summed E-state index contributed by atoms with van der Waals surface area (Å²) in [4.78, 5) is 30.1. The van der Waals surface area contributed by atoms with Crippen molar-refractivity contribution in [2.75, 3.05) is 27.5 Å². The van der Waals surface area contributed by atoms with Gasteiger partial charge in [-0.15, -0.1) is 0 Å². The molecule has 3 aliphatic rings. The number of esters is 1. The summed E-state index contributed by atoms with van der Waals surface area (Å²) in [5.41, 5.74) is -2.75. The number of cyclic esters (lactones) is 1. The zero-order valence-electron chi connectivity index (χ0n) is 33.8. The number of rotatable bonds is 8. The predicted octanol–water partition coefficient (Wildman–Crippen LogP) is 3.01. The van der Waals surface area contributed by atoms with Crippen molar-refractivity contribution in [1.29, 1.82) is 0 Å². The molecular weight excluding hydrogens is 694 g/mol. The normalized spacial score (nSPS) is 48.2. The van der Waals surface area contributed by atoms with Gasteiger partial charge in [0.15, 0.2) is 12.6 Å². The highest BCUT2D eigenvalue weighted by atomic mass is 32.2. The average molecular weight is 764 g/mol. The van der Waals surface area contributed by atoms with E-state index in [9.17, 15) is 30.0 Å². The molecule has 3 aliphatic heterocycles. The van der Waals surface area contributed by atoms with Gasteiger partial charge in [-0.3, -0.25) is 9.59 Å². The van der Waals surface area contributed by atoms with Gasteiger partial charge in [0, 0.05) is 48.5 Å². The lowest BCUT2D eigenvalue weighted by Gasteiger charge is -2.49. The van der Waals surface area contributed by atoms with Gasteiger partial charge in [-0.25, -0.2) is 0 Å². The van der Waals surface area contributed by atoms with Gasteiger partial charge in [0.2, 0.25) is 0 Å². The van der Waals surface area contributed by atoms with E-state index in [2.05, 4.69) is 0 Å². The van der Waals surface area contributed by atoms with Crippen LogP contribution in [0.25, 0.3) is 0 Å². The minimum absolute atomic E-state index is 0.0527. The van der Waals surface area contributed by atoms with Gasteiger partial charge >= 0.3 is 5.97 Å². The highest BCUT2D eigenvalue weighted by molar-refractivity contribution is 7.99. The average Bonchev–Trinajstić information content (AvgIpc) is 3.08. The monoisotopic (exact) mass is 763 g/mol. The van der Waals surface area contributed by atoms with E-state index in [1.165, 1.54) is 18.9 Å². The Kier molecular flexibility index (Phi) is 16.1. The number of ether oxygens (including phenoxy) is 6. The molecule has 0 bridgehead atoms. The lowest BCUT2D eigenvalue weighted by Crippen LogP contribution is -2.60. The maximum absolute atomic E-state index is 14.3. The standard InChI is InChI=1S/C38H69NO12S/c1-18-16-37(9,45)34(51-36-30(42)26(39(11)12)15-19(2)47-36)22(5)31(49-27-17-38(10,46-13)33(43)24(7)48-27)23(6)35(44)50-32(25(8)52-14)21(4)29(41)20(3)28(18)40/h18-27,29-34,36,41-43,45H,15-17H2,1-14H3/t18-,19-,20+,21-,22+,23-,24+,25?,26+,27+,29-,30-,31?,32+,33+,34-,36+,37-,38-/m1/s1. The number of hydrogen-bond donors (Lipinski definition) is 4. The van der Waals surface area contributed by atoms with Crippen molar-refractivity contribution in [3.63, 3.8) is 0 Å². The Balaban J connectivity index is 2.19. The van der Waals surface area contributed by atoms with Crippen LogP contribution in [0.3, 0.4) is 0 Å². The highest BCUT2D eigenvalue weighted by Crippen LogP contribution is 2.40. The number of hydrogen-bond acceptors (Lipinski definition) is 14. The number of aliphatic hydroxyl groups is 4. The van der Waals surface area contributed by atoms with Gasteiger partial charge in [0.25, 0.3) is 0 Å². The molecule has 3 saturated heterocycles. The zero-order valence-corrected chi connectivity index (χ0v) is 34.7. The first-order valence-electron chi connectivity index (χ1n) is 18.9. The highest BCUT2D eigenvalue weighted by Gasteiger charge is 2.52. The Morgan fingerprint density at radius 2 is 1.52 bits per heavy atom. The summed E-state index contributed by atoms with van der Waals surface area (Å²) in [6, 6.07) is -0.302. The number of Topliss-reactive ketones (excluding diaryl/α,β-unsaturated/α-hetero) is 1. The molecule has 19 atom stereocenters. The molecule has 4 N–H and O–H groups in total. The van der Waals surface area contributed by atoms with E-state index in [1.54, 1.807) is 55.4 Å². The third-order valence-electron chi connectivity index (χ3n) is 12.1. The molecule has 0 aromatic heterocycles. The Morgan fingerprint density at radius 1 is 0.904 bits per heavy atom. The number of methoxy groups -OCH3 is 1. The Morgan fingerprint density at radius 3 is 2.08 bits per heavy atom. The second-order valence-corrected chi connectivity index (χ2v) is 17.9. The van der Waals surface area contributed by atoms with Gasteiger partial charge in [-0.2, -0.15) is 11.8 Å². The predicted molar refractivity (Wildman–Crippen MR) is 197 cm³/mol. The SMILES string of the molecule is CO[C@]1(C)C[C@H](OC2[C@@H](C)C(=O)O[C@H](C(C)SC)[C@H](C)[C@H](O)[C@@H](C)C(=O)[C@H](C)C[C@@](C)(O)[C@H](O[C@@H]3O[C@H](C)C[C@H](N(C)C)[C@H]3O)[C@H]2C)O[C@@H](C)[C@@H]1O. The molecule has 0 spiro atoms. The molecule has 13 nitrogen and oxygen atoms in total. The van der Waals surface area contributed by atoms with Crippen molar-refractivity contribution in [1.82, 2.24) is 4.90 Å². The molecule has 0 aliphatic carbocycles. The fourth-order valence-electron chi connectivity index (χ4n) is 8.52. The van der Waals surface area contributed by atoms with Crippen LogP contribution in [-0.2, 0) is 38.0 Å². The molecule has 304 valence electrons. The first kappa shape index (κ1) is 45.5. The fraction of sp³-hybridized carbons (Fsp3) is 0.947. The van der Waals surface area contributed by atoms with Gasteiger partial charge < -0.3 is 53.7 Å². The lowest BCUT2D eigenvalue weighted by atomic mass is 9.74. The Bertz CT molecular complexity index is 1180. The summed E-state index contributed by atoms with van der Waals surface area (Å²) in [5.74, 6) is -4.70.